The molecule has 18 heavy (non-hydrogen) atoms. The molecular formula is C13H13N3O2. The summed E-state index contributed by atoms with van der Waals surface area (Å²) in [4.78, 5) is 10.1. The zero-order chi connectivity index (χ0) is 13.4. The van der Waals surface area contributed by atoms with E-state index < -0.39 is 4.92 Å². The van der Waals surface area contributed by atoms with Crippen LogP contribution < -0.4 is 5.32 Å². The molecule has 0 spiro atoms. The summed E-state index contributed by atoms with van der Waals surface area (Å²) in [5.74, 6) is 2.56. The van der Waals surface area contributed by atoms with Gasteiger partial charge in [0.2, 0.25) is 0 Å². The number of nitrogens with one attached hydrogen (secondary N) is 1. The molecule has 1 aromatic carbocycles. The molecular weight excluding hydrogens is 230 g/mol. The topological polar surface area (TPSA) is 79.0 Å². The van der Waals surface area contributed by atoms with Crippen LogP contribution in [0.2, 0.25) is 0 Å². The highest BCUT2D eigenvalue weighted by atomic mass is 16.6. The lowest BCUT2D eigenvalue weighted by atomic mass is 10.1. The van der Waals surface area contributed by atoms with E-state index in [0.717, 1.165) is 25.8 Å². The molecule has 92 valence electrons. The van der Waals surface area contributed by atoms with Crippen LogP contribution in [0.4, 0.5) is 11.4 Å². The van der Waals surface area contributed by atoms with Gasteiger partial charge in [0.1, 0.15) is 11.6 Å². The number of benzene rings is 1. The van der Waals surface area contributed by atoms with E-state index >= 15 is 0 Å². The van der Waals surface area contributed by atoms with Gasteiger partial charge in [-0.2, -0.15) is 5.26 Å². The van der Waals surface area contributed by atoms with Gasteiger partial charge in [-0.1, -0.05) is 0 Å². The highest BCUT2D eigenvalue weighted by Gasteiger charge is 2.13. The van der Waals surface area contributed by atoms with Gasteiger partial charge in [0.25, 0.3) is 5.69 Å². The molecule has 0 aliphatic carbocycles. The first-order chi connectivity index (χ1) is 8.69. The molecule has 0 unspecified atom stereocenters. The lowest BCUT2D eigenvalue weighted by Gasteiger charge is -2.05. The van der Waals surface area contributed by atoms with Crippen LogP contribution in [-0.2, 0) is 0 Å². The second kappa shape index (κ2) is 6.93. The monoisotopic (exact) mass is 243 g/mol. The molecule has 1 N–H and O–H groups in total. The van der Waals surface area contributed by atoms with Crippen LogP contribution in [0.15, 0.2) is 18.2 Å². The first-order valence-corrected chi connectivity index (χ1v) is 5.55. The van der Waals surface area contributed by atoms with E-state index in [-0.39, 0.29) is 11.3 Å². The van der Waals surface area contributed by atoms with E-state index in [9.17, 15) is 10.1 Å². The highest BCUT2D eigenvalue weighted by Crippen LogP contribution is 2.21. The summed E-state index contributed by atoms with van der Waals surface area (Å²) in [6.45, 7) is 0.727. The molecule has 0 saturated carbocycles. The molecule has 0 radical (unpaired) electrons. The fourth-order valence-corrected chi connectivity index (χ4v) is 1.48. The summed E-state index contributed by atoms with van der Waals surface area (Å²) >= 11 is 0. The number of hydrogen-bond acceptors (Lipinski definition) is 4. The van der Waals surface area contributed by atoms with E-state index in [0.29, 0.717) is 5.69 Å². The van der Waals surface area contributed by atoms with Crippen LogP contribution in [0.1, 0.15) is 24.8 Å². The van der Waals surface area contributed by atoms with E-state index in [1.807, 2.05) is 6.07 Å². The van der Waals surface area contributed by atoms with Gasteiger partial charge < -0.3 is 5.32 Å². The van der Waals surface area contributed by atoms with Crippen LogP contribution >= 0.6 is 0 Å². The summed E-state index contributed by atoms with van der Waals surface area (Å²) in [7, 11) is 0. The molecule has 0 aliphatic rings. The second-order valence-corrected chi connectivity index (χ2v) is 3.69. The Balaban J connectivity index is 2.61. The number of rotatable bonds is 6. The molecule has 0 amide bonds. The number of nitro benzene ring substituents is 1. The van der Waals surface area contributed by atoms with Crippen molar-refractivity contribution in [2.75, 3.05) is 11.9 Å². The van der Waals surface area contributed by atoms with Gasteiger partial charge in [-0.3, -0.25) is 10.1 Å². The third kappa shape index (κ3) is 3.80. The Morgan fingerprint density at radius 2 is 2.22 bits per heavy atom. The van der Waals surface area contributed by atoms with Crippen LogP contribution in [0.25, 0.3) is 0 Å². The third-order valence-corrected chi connectivity index (χ3v) is 2.39. The van der Waals surface area contributed by atoms with Crippen molar-refractivity contribution < 1.29 is 4.92 Å². The van der Waals surface area contributed by atoms with E-state index in [2.05, 4.69) is 11.2 Å². The second-order valence-electron chi connectivity index (χ2n) is 3.69. The Kier molecular flexibility index (Phi) is 5.21. The van der Waals surface area contributed by atoms with Crippen molar-refractivity contribution in [3.8, 4) is 18.4 Å². The van der Waals surface area contributed by atoms with Crippen LogP contribution in [0.3, 0.4) is 0 Å². The van der Waals surface area contributed by atoms with Crippen molar-refractivity contribution in [2.24, 2.45) is 0 Å². The molecule has 1 rings (SSSR count). The maximum Gasteiger partial charge on any atom is 0.287 e. The fraction of sp³-hybridized carbons (Fsp3) is 0.308. The Morgan fingerprint density at radius 3 is 2.83 bits per heavy atom. The summed E-state index contributed by atoms with van der Waals surface area (Å²) in [5, 5.41) is 22.6. The van der Waals surface area contributed by atoms with Gasteiger partial charge in [0.15, 0.2) is 0 Å². The first kappa shape index (κ1) is 13.5. The average Bonchev–Trinajstić information content (AvgIpc) is 2.38. The summed E-state index contributed by atoms with van der Waals surface area (Å²) in [5.41, 5.74) is 0.599. The van der Waals surface area contributed by atoms with E-state index in [4.69, 9.17) is 11.7 Å². The molecule has 0 heterocycles. The Labute approximate surface area is 106 Å². The van der Waals surface area contributed by atoms with Crippen LogP contribution in [0, 0.1) is 33.8 Å². The Bertz CT molecular complexity index is 512. The summed E-state index contributed by atoms with van der Waals surface area (Å²) < 4.78 is 0. The van der Waals surface area contributed by atoms with Gasteiger partial charge >= 0.3 is 0 Å². The van der Waals surface area contributed by atoms with Crippen molar-refractivity contribution >= 4 is 11.4 Å². The predicted octanol–water partition coefficient (Wildman–Crippen LogP) is 2.68. The fourth-order valence-electron chi connectivity index (χ4n) is 1.48. The minimum absolute atomic E-state index is 0.0635. The average molecular weight is 243 g/mol. The largest absolute Gasteiger partial charge is 0.385 e. The molecule has 0 aromatic heterocycles. The quantitative estimate of drug-likeness (QED) is 0.360. The number of terminal acetylenes is 1. The molecule has 0 atom stereocenters. The van der Waals surface area contributed by atoms with Crippen molar-refractivity contribution in [1.82, 2.24) is 0 Å². The van der Waals surface area contributed by atoms with E-state index in [1.165, 1.54) is 12.1 Å². The predicted molar refractivity (Wildman–Crippen MR) is 69.0 cm³/mol. The Morgan fingerprint density at radius 1 is 1.44 bits per heavy atom. The summed E-state index contributed by atoms with van der Waals surface area (Å²) in [6.07, 6.45) is 7.73. The molecule has 0 fully saturated rings. The van der Waals surface area contributed by atoms with E-state index in [1.54, 1.807) is 6.07 Å². The Hall–Kier alpha value is -2.53. The smallest absolute Gasteiger partial charge is 0.287 e. The summed E-state index contributed by atoms with van der Waals surface area (Å²) in [6, 6.07) is 6.24. The molecule has 0 bridgehead atoms. The van der Waals surface area contributed by atoms with Gasteiger partial charge in [-0.05, 0) is 25.0 Å². The minimum Gasteiger partial charge on any atom is -0.385 e. The van der Waals surface area contributed by atoms with Crippen molar-refractivity contribution in [3.63, 3.8) is 0 Å². The maximum atomic E-state index is 10.6. The zero-order valence-corrected chi connectivity index (χ0v) is 9.85. The van der Waals surface area contributed by atoms with Gasteiger partial charge in [0, 0.05) is 24.7 Å². The molecule has 5 heteroatoms. The lowest BCUT2D eigenvalue weighted by Crippen LogP contribution is -2.02. The number of nitriles is 1. The lowest BCUT2D eigenvalue weighted by molar-refractivity contribution is -0.385. The third-order valence-electron chi connectivity index (χ3n) is 2.39. The standard InChI is InChI=1S/C13H13N3O2/c1-2-3-4-5-8-15-12-6-7-13(16(17)18)11(9-12)10-14/h1,6-7,9,15H,3-5,8H2. The normalized spacial score (nSPS) is 9.22. The highest BCUT2D eigenvalue weighted by molar-refractivity contribution is 5.58. The number of hydrogen-bond donors (Lipinski definition) is 1. The van der Waals surface area contributed by atoms with Gasteiger partial charge in [-0.15, -0.1) is 12.3 Å². The molecule has 0 aliphatic heterocycles. The zero-order valence-electron chi connectivity index (χ0n) is 9.85. The number of nitro groups is 1. The molecule has 1 aromatic rings. The van der Waals surface area contributed by atoms with Crippen LogP contribution in [0.5, 0.6) is 0 Å². The molecule has 5 nitrogen and oxygen atoms in total. The number of unbranched alkanes of at least 4 members (excludes halogenated alkanes) is 2. The minimum atomic E-state index is -0.560. The maximum absolute atomic E-state index is 10.6. The van der Waals surface area contributed by atoms with Crippen molar-refractivity contribution in [3.05, 3.63) is 33.9 Å². The number of anilines is 1. The van der Waals surface area contributed by atoms with Gasteiger partial charge in [-0.25, -0.2) is 0 Å². The SMILES string of the molecule is C#CCCCCNc1ccc([N+](=O)[O-])c(C#N)c1. The van der Waals surface area contributed by atoms with Crippen molar-refractivity contribution in [2.45, 2.75) is 19.3 Å². The van der Waals surface area contributed by atoms with Crippen molar-refractivity contribution in [1.29, 1.82) is 5.26 Å². The van der Waals surface area contributed by atoms with Gasteiger partial charge in [0.05, 0.1) is 4.92 Å². The molecule has 0 saturated heterocycles. The van der Waals surface area contributed by atoms with Crippen LogP contribution in [-0.4, -0.2) is 11.5 Å². The first-order valence-electron chi connectivity index (χ1n) is 5.55. The number of nitrogens with zero attached hydrogens (tertiary/aromatic N) is 2.